The van der Waals surface area contributed by atoms with Crippen LogP contribution in [-0.2, 0) is 17.8 Å². The van der Waals surface area contributed by atoms with E-state index in [1.807, 2.05) is 0 Å². The molecule has 0 aliphatic rings. The number of aromatic nitrogens is 1. The summed E-state index contributed by atoms with van der Waals surface area (Å²) < 4.78 is 25.0. The molecule has 0 aliphatic heterocycles. The van der Waals surface area contributed by atoms with E-state index in [1.165, 1.54) is 0 Å². The second-order valence-corrected chi connectivity index (χ2v) is 3.80. The average molecular weight is 295 g/mol. The van der Waals surface area contributed by atoms with Crippen LogP contribution in [0, 0.1) is 0 Å². The number of pyridine rings is 1. The van der Waals surface area contributed by atoms with Crippen LogP contribution in [0.2, 0.25) is 0 Å². The van der Waals surface area contributed by atoms with Crippen molar-refractivity contribution in [2.24, 2.45) is 5.73 Å². The maximum atomic E-state index is 12.4. The van der Waals surface area contributed by atoms with Crippen LogP contribution in [0.5, 0.6) is 0 Å². The van der Waals surface area contributed by atoms with Crippen molar-refractivity contribution in [2.75, 3.05) is 0 Å². The normalized spacial score (nSPS) is 10.8. The predicted octanol–water partition coefficient (Wildman–Crippen LogP) is 1.87. The molecule has 4 nitrogen and oxygen atoms in total. The summed E-state index contributed by atoms with van der Waals surface area (Å²) in [5, 5.41) is 8.64. The first-order valence-corrected chi connectivity index (χ1v) is 5.13. The first-order valence-electron chi connectivity index (χ1n) is 4.34. The summed E-state index contributed by atoms with van der Waals surface area (Å²) in [6.07, 6.45) is -3.09. The highest BCUT2D eigenvalue weighted by Crippen LogP contribution is 2.25. The molecular formula is C9H9BrF2N2O2. The van der Waals surface area contributed by atoms with Crippen LogP contribution >= 0.6 is 15.9 Å². The molecule has 88 valence electrons. The van der Waals surface area contributed by atoms with Gasteiger partial charge in [-0.1, -0.05) is 0 Å². The van der Waals surface area contributed by atoms with Gasteiger partial charge in [0.1, 0.15) is 10.3 Å². The van der Waals surface area contributed by atoms with Gasteiger partial charge in [-0.3, -0.25) is 4.79 Å². The third-order valence-corrected chi connectivity index (χ3v) is 2.61. The van der Waals surface area contributed by atoms with E-state index >= 15 is 0 Å². The average Bonchev–Trinajstić information content (AvgIpc) is 2.16. The van der Waals surface area contributed by atoms with Gasteiger partial charge in [-0.05, 0) is 27.6 Å². The molecule has 0 bridgehead atoms. The number of nitrogens with two attached hydrogens (primary N) is 1. The van der Waals surface area contributed by atoms with Gasteiger partial charge in [-0.25, -0.2) is 13.8 Å². The number of rotatable bonds is 4. The third-order valence-electron chi connectivity index (χ3n) is 1.96. The Morgan fingerprint density at radius 1 is 1.62 bits per heavy atom. The molecule has 0 amide bonds. The van der Waals surface area contributed by atoms with Crippen molar-refractivity contribution in [3.05, 3.63) is 27.5 Å². The molecule has 0 saturated carbocycles. The molecule has 3 N–H and O–H groups in total. The number of carbonyl (C=O) groups is 1. The Labute approximate surface area is 98.6 Å². The maximum absolute atomic E-state index is 12.4. The van der Waals surface area contributed by atoms with Gasteiger partial charge in [-0.2, -0.15) is 0 Å². The summed E-state index contributed by atoms with van der Waals surface area (Å²) in [5.74, 6) is -1.10. The van der Waals surface area contributed by atoms with Crippen molar-refractivity contribution in [3.8, 4) is 0 Å². The van der Waals surface area contributed by atoms with Crippen LogP contribution in [0.15, 0.2) is 10.7 Å². The largest absolute Gasteiger partial charge is 0.481 e. The summed E-state index contributed by atoms with van der Waals surface area (Å²) >= 11 is 3.00. The topological polar surface area (TPSA) is 76.2 Å². The smallest absolute Gasteiger partial charge is 0.307 e. The number of hydrogen-bond donors (Lipinski definition) is 2. The van der Waals surface area contributed by atoms with Crippen molar-refractivity contribution in [2.45, 2.75) is 19.4 Å². The van der Waals surface area contributed by atoms with Crippen LogP contribution in [0.4, 0.5) is 8.78 Å². The van der Waals surface area contributed by atoms with Gasteiger partial charge in [0.2, 0.25) is 0 Å². The lowest BCUT2D eigenvalue weighted by atomic mass is 10.1. The fraction of sp³-hybridized carbons (Fsp3) is 0.333. The molecule has 0 fully saturated rings. The highest BCUT2D eigenvalue weighted by atomic mass is 79.9. The number of alkyl halides is 2. The minimum atomic E-state index is -2.74. The summed E-state index contributed by atoms with van der Waals surface area (Å²) in [6.45, 7) is 0.0414. The van der Waals surface area contributed by atoms with Gasteiger partial charge < -0.3 is 10.8 Å². The Kier molecular flexibility index (Phi) is 4.31. The molecular weight excluding hydrogens is 286 g/mol. The maximum Gasteiger partial charge on any atom is 0.307 e. The fourth-order valence-corrected chi connectivity index (χ4v) is 1.88. The number of nitrogens with zero attached hydrogens (tertiary/aromatic N) is 1. The number of hydrogen-bond acceptors (Lipinski definition) is 3. The molecule has 1 aromatic rings. The Morgan fingerprint density at radius 3 is 2.69 bits per heavy atom. The molecule has 7 heteroatoms. The number of aliphatic carboxylic acids is 1. The molecule has 0 atom stereocenters. The van der Waals surface area contributed by atoms with Gasteiger partial charge in [0.25, 0.3) is 6.43 Å². The molecule has 0 saturated heterocycles. The van der Waals surface area contributed by atoms with E-state index in [-0.39, 0.29) is 23.1 Å². The van der Waals surface area contributed by atoms with E-state index in [0.717, 1.165) is 6.07 Å². The molecule has 16 heavy (non-hydrogen) atoms. The van der Waals surface area contributed by atoms with E-state index in [2.05, 4.69) is 20.9 Å². The Balaban J connectivity index is 3.24. The van der Waals surface area contributed by atoms with E-state index in [0.29, 0.717) is 5.56 Å². The van der Waals surface area contributed by atoms with Crippen molar-refractivity contribution in [1.29, 1.82) is 0 Å². The third kappa shape index (κ3) is 2.96. The Morgan fingerprint density at radius 2 is 2.25 bits per heavy atom. The van der Waals surface area contributed by atoms with E-state index in [4.69, 9.17) is 10.8 Å². The lowest BCUT2D eigenvalue weighted by molar-refractivity contribution is -0.136. The van der Waals surface area contributed by atoms with Gasteiger partial charge >= 0.3 is 5.97 Å². The first kappa shape index (κ1) is 13.0. The molecule has 0 spiro atoms. The summed E-state index contributed by atoms with van der Waals surface area (Å²) in [4.78, 5) is 14.2. The monoisotopic (exact) mass is 294 g/mol. The van der Waals surface area contributed by atoms with Crippen molar-refractivity contribution in [1.82, 2.24) is 4.98 Å². The van der Waals surface area contributed by atoms with Crippen LogP contribution in [0.3, 0.4) is 0 Å². The van der Waals surface area contributed by atoms with Gasteiger partial charge in [0.15, 0.2) is 0 Å². The number of carboxylic acids is 1. The molecule has 1 aromatic heterocycles. The Hall–Kier alpha value is -1.08. The molecule has 0 unspecified atom stereocenters. The van der Waals surface area contributed by atoms with Crippen LogP contribution in [-0.4, -0.2) is 16.1 Å². The van der Waals surface area contributed by atoms with Crippen LogP contribution < -0.4 is 5.73 Å². The summed E-state index contributed by atoms with van der Waals surface area (Å²) in [6, 6.07) is 1.08. The zero-order chi connectivity index (χ0) is 12.3. The second kappa shape index (κ2) is 5.31. The minimum Gasteiger partial charge on any atom is -0.481 e. The number of halogens is 3. The van der Waals surface area contributed by atoms with Gasteiger partial charge in [-0.15, -0.1) is 0 Å². The molecule has 0 aliphatic carbocycles. The fourth-order valence-electron chi connectivity index (χ4n) is 1.26. The van der Waals surface area contributed by atoms with Crippen LogP contribution in [0.1, 0.15) is 23.2 Å². The minimum absolute atomic E-state index is 0.0414. The van der Waals surface area contributed by atoms with Crippen molar-refractivity contribution in [3.63, 3.8) is 0 Å². The zero-order valence-electron chi connectivity index (χ0n) is 8.08. The highest BCUT2D eigenvalue weighted by Gasteiger charge is 2.16. The van der Waals surface area contributed by atoms with E-state index < -0.39 is 18.1 Å². The SMILES string of the molecule is NCc1c(CC(=O)O)cc(C(F)F)nc1Br. The van der Waals surface area contributed by atoms with E-state index in [1.54, 1.807) is 0 Å². The first-order chi connectivity index (χ1) is 7.45. The van der Waals surface area contributed by atoms with Gasteiger partial charge in [0, 0.05) is 12.1 Å². The van der Waals surface area contributed by atoms with E-state index in [9.17, 15) is 13.6 Å². The summed E-state index contributed by atoms with van der Waals surface area (Å²) in [7, 11) is 0. The predicted molar refractivity (Wildman–Crippen MR) is 56.1 cm³/mol. The van der Waals surface area contributed by atoms with Crippen LogP contribution in [0.25, 0.3) is 0 Å². The van der Waals surface area contributed by atoms with Crippen molar-refractivity contribution >= 4 is 21.9 Å². The summed E-state index contributed by atoms with van der Waals surface area (Å²) in [5.41, 5.74) is 5.64. The quantitative estimate of drug-likeness (QED) is 0.831. The standard InChI is InChI=1S/C9H9BrF2N2O2/c10-8-5(3-13)4(2-7(15)16)1-6(14-8)9(11)12/h1,9H,2-3,13H2,(H,15,16). The number of carboxylic acid groups (broad SMARTS) is 1. The second-order valence-electron chi connectivity index (χ2n) is 3.05. The zero-order valence-corrected chi connectivity index (χ0v) is 9.67. The molecule has 0 aromatic carbocycles. The molecule has 1 rings (SSSR count). The lowest BCUT2D eigenvalue weighted by Crippen LogP contribution is -2.10. The van der Waals surface area contributed by atoms with Gasteiger partial charge in [0.05, 0.1) is 6.42 Å². The Bertz CT molecular complexity index is 413. The molecule has 0 radical (unpaired) electrons. The molecule has 1 heterocycles. The highest BCUT2D eigenvalue weighted by molar-refractivity contribution is 9.10. The lowest BCUT2D eigenvalue weighted by Gasteiger charge is -2.10. The van der Waals surface area contributed by atoms with Crippen molar-refractivity contribution < 1.29 is 18.7 Å².